The fourth-order valence-corrected chi connectivity index (χ4v) is 1.61. The van der Waals surface area contributed by atoms with Gasteiger partial charge < -0.3 is 9.84 Å². The second-order valence-electron chi connectivity index (χ2n) is 3.38. The van der Waals surface area contributed by atoms with E-state index in [2.05, 4.69) is 0 Å². The summed E-state index contributed by atoms with van der Waals surface area (Å²) < 4.78 is 5.20. The predicted octanol–water partition coefficient (Wildman–Crippen LogP) is 0.936. The molecule has 10 heavy (non-hydrogen) atoms. The number of ether oxygens (including phenoxy) is 1. The normalized spacial score (nSPS) is 36.3. The van der Waals surface area contributed by atoms with Gasteiger partial charge in [-0.1, -0.05) is 6.42 Å². The van der Waals surface area contributed by atoms with Crippen molar-refractivity contribution in [2.24, 2.45) is 5.92 Å². The van der Waals surface area contributed by atoms with E-state index in [1.165, 1.54) is 19.3 Å². The largest absolute Gasteiger partial charge is 0.390 e. The molecule has 2 fully saturated rings. The zero-order valence-corrected chi connectivity index (χ0v) is 6.12. The summed E-state index contributed by atoms with van der Waals surface area (Å²) >= 11 is 0. The van der Waals surface area contributed by atoms with Crippen molar-refractivity contribution in [1.29, 1.82) is 0 Å². The Hall–Kier alpha value is -0.0800. The highest BCUT2D eigenvalue weighted by Crippen LogP contribution is 2.34. The van der Waals surface area contributed by atoms with Gasteiger partial charge in [-0.2, -0.15) is 0 Å². The van der Waals surface area contributed by atoms with Crippen LogP contribution in [0, 0.1) is 5.92 Å². The van der Waals surface area contributed by atoms with E-state index in [1.807, 2.05) is 0 Å². The van der Waals surface area contributed by atoms with Crippen molar-refractivity contribution in [2.75, 3.05) is 6.61 Å². The summed E-state index contributed by atoms with van der Waals surface area (Å²) in [7, 11) is 0. The Balaban J connectivity index is 1.79. The van der Waals surface area contributed by atoms with E-state index in [0.29, 0.717) is 5.92 Å². The third-order valence-electron chi connectivity index (χ3n) is 2.75. The minimum absolute atomic E-state index is 0.150. The number of aliphatic hydroxyl groups is 1. The van der Waals surface area contributed by atoms with Crippen LogP contribution in [-0.2, 0) is 4.74 Å². The van der Waals surface area contributed by atoms with E-state index < -0.39 is 0 Å². The first-order valence-electron chi connectivity index (χ1n) is 4.17. The van der Waals surface area contributed by atoms with E-state index in [4.69, 9.17) is 4.74 Å². The lowest BCUT2D eigenvalue weighted by Crippen LogP contribution is -2.44. The number of hydrogen-bond acceptors (Lipinski definition) is 2. The Kier molecular flexibility index (Phi) is 1.66. The van der Waals surface area contributed by atoms with E-state index in [0.717, 1.165) is 13.0 Å². The highest BCUT2D eigenvalue weighted by atomic mass is 16.5. The fourth-order valence-electron chi connectivity index (χ4n) is 1.61. The van der Waals surface area contributed by atoms with Gasteiger partial charge in [-0.25, -0.2) is 0 Å². The van der Waals surface area contributed by atoms with Crippen LogP contribution in [0.2, 0.25) is 0 Å². The summed E-state index contributed by atoms with van der Waals surface area (Å²) in [6.45, 7) is 0.856. The van der Waals surface area contributed by atoms with E-state index in [-0.39, 0.29) is 12.2 Å². The van der Waals surface area contributed by atoms with Crippen LogP contribution in [0.5, 0.6) is 0 Å². The maximum absolute atomic E-state index is 9.56. The monoisotopic (exact) mass is 142 g/mol. The highest BCUT2D eigenvalue weighted by Gasteiger charge is 2.35. The first-order valence-corrected chi connectivity index (χ1v) is 4.17. The van der Waals surface area contributed by atoms with Gasteiger partial charge in [0.15, 0.2) is 0 Å². The van der Waals surface area contributed by atoms with E-state index in [1.54, 1.807) is 0 Å². The number of hydrogen-bond donors (Lipinski definition) is 1. The summed E-state index contributed by atoms with van der Waals surface area (Å²) in [5.41, 5.74) is 0. The van der Waals surface area contributed by atoms with Gasteiger partial charge in [0, 0.05) is 6.61 Å². The molecule has 1 aliphatic carbocycles. The quantitative estimate of drug-likeness (QED) is 0.621. The van der Waals surface area contributed by atoms with Gasteiger partial charge in [-0.15, -0.1) is 0 Å². The van der Waals surface area contributed by atoms with Gasteiger partial charge in [-0.05, 0) is 25.2 Å². The van der Waals surface area contributed by atoms with Crippen LogP contribution in [0.1, 0.15) is 25.7 Å². The van der Waals surface area contributed by atoms with Crippen molar-refractivity contribution in [3.05, 3.63) is 0 Å². The smallest absolute Gasteiger partial charge is 0.0858 e. The molecule has 1 N–H and O–H groups in total. The standard InChI is InChI=1S/C8H14O2/c9-8(6-2-1-3-6)7-4-5-10-7/h6-9H,1-5H2. The zero-order chi connectivity index (χ0) is 6.97. The Morgan fingerprint density at radius 3 is 2.30 bits per heavy atom. The van der Waals surface area contributed by atoms with Crippen molar-refractivity contribution >= 4 is 0 Å². The molecule has 0 bridgehead atoms. The van der Waals surface area contributed by atoms with Gasteiger partial charge in [0.05, 0.1) is 12.2 Å². The lowest BCUT2D eigenvalue weighted by atomic mass is 9.78. The van der Waals surface area contributed by atoms with Crippen LogP contribution < -0.4 is 0 Å². The summed E-state index contributed by atoms with van der Waals surface area (Å²) in [4.78, 5) is 0. The number of aliphatic hydroxyl groups excluding tert-OH is 1. The van der Waals surface area contributed by atoms with Gasteiger partial charge in [0.2, 0.25) is 0 Å². The molecule has 2 aliphatic rings. The number of rotatable bonds is 2. The molecule has 1 saturated carbocycles. The van der Waals surface area contributed by atoms with Gasteiger partial charge in [0.1, 0.15) is 0 Å². The topological polar surface area (TPSA) is 29.5 Å². The zero-order valence-electron chi connectivity index (χ0n) is 6.12. The van der Waals surface area contributed by atoms with Crippen molar-refractivity contribution in [2.45, 2.75) is 37.9 Å². The molecular formula is C8H14O2. The average Bonchev–Trinajstić information content (AvgIpc) is 1.52. The van der Waals surface area contributed by atoms with Crippen LogP contribution in [0.15, 0.2) is 0 Å². The highest BCUT2D eigenvalue weighted by molar-refractivity contribution is 4.85. The Morgan fingerprint density at radius 1 is 1.30 bits per heavy atom. The van der Waals surface area contributed by atoms with Gasteiger partial charge in [0.25, 0.3) is 0 Å². The molecule has 0 amide bonds. The van der Waals surface area contributed by atoms with E-state index in [9.17, 15) is 5.11 Å². The summed E-state index contributed by atoms with van der Waals surface area (Å²) in [6, 6.07) is 0. The minimum atomic E-state index is -0.150. The molecule has 2 unspecified atom stereocenters. The first kappa shape index (κ1) is 6.62. The molecular weight excluding hydrogens is 128 g/mol. The molecule has 2 heteroatoms. The second kappa shape index (κ2) is 2.51. The van der Waals surface area contributed by atoms with Gasteiger partial charge in [-0.3, -0.25) is 0 Å². The molecule has 2 nitrogen and oxygen atoms in total. The molecule has 2 rings (SSSR count). The summed E-state index contributed by atoms with van der Waals surface area (Å²) in [6.07, 6.45) is 4.82. The Labute approximate surface area is 61.2 Å². The predicted molar refractivity (Wildman–Crippen MR) is 37.7 cm³/mol. The average molecular weight is 142 g/mol. The summed E-state index contributed by atoms with van der Waals surface area (Å²) in [5, 5.41) is 9.56. The Morgan fingerprint density at radius 2 is 2.00 bits per heavy atom. The van der Waals surface area contributed by atoms with Crippen LogP contribution in [-0.4, -0.2) is 23.9 Å². The molecule has 1 heterocycles. The van der Waals surface area contributed by atoms with Crippen molar-refractivity contribution in [1.82, 2.24) is 0 Å². The van der Waals surface area contributed by atoms with Crippen LogP contribution in [0.3, 0.4) is 0 Å². The molecule has 1 aliphatic heterocycles. The molecule has 0 aromatic carbocycles. The lowest BCUT2D eigenvalue weighted by Gasteiger charge is -2.39. The van der Waals surface area contributed by atoms with Crippen LogP contribution in [0.25, 0.3) is 0 Å². The van der Waals surface area contributed by atoms with Crippen LogP contribution in [0.4, 0.5) is 0 Å². The minimum Gasteiger partial charge on any atom is -0.390 e. The third kappa shape index (κ3) is 0.956. The second-order valence-corrected chi connectivity index (χ2v) is 3.38. The molecule has 58 valence electrons. The lowest BCUT2D eigenvalue weighted by molar-refractivity contribution is -0.142. The molecule has 0 aromatic rings. The molecule has 1 saturated heterocycles. The van der Waals surface area contributed by atoms with Crippen molar-refractivity contribution in [3.63, 3.8) is 0 Å². The van der Waals surface area contributed by atoms with E-state index >= 15 is 0 Å². The first-order chi connectivity index (χ1) is 4.88. The molecule has 0 radical (unpaired) electrons. The van der Waals surface area contributed by atoms with Crippen molar-refractivity contribution in [3.8, 4) is 0 Å². The Bertz CT molecular complexity index is 102. The fraction of sp³-hybridized carbons (Fsp3) is 1.00. The molecule has 0 spiro atoms. The molecule has 0 aromatic heterocycles. The maximum Gasteiger partial charge on any atom is 0.0858 e. The summed E-state index contributed by atoms with van der Waals surface area (Å²) in [5.74, 6) is 0.560. The van der Waals surface area contributed by atoms with Crippen molar-refractivity contribution < 1.29 is 9.84 Å². The third-order valence-corrected chi connectivity index (χ3v) is 2.75. The molecule has 2 atom stereocenters. The SMILES string of the molecule is OC(C1CCC1)C1CCO1. The van der Waals surface area contributed by atoms with Crippen LogP contribution >= 0.6 is 0 Å². The van der Waals surface area contributed by atoms with Gasteiger partial charge >= 0.3 is 0 Å². The maximum atomic E-state index is 9.56.